The van der Waals surface area contributed by atoms with Crippen molar-refractivity contribution < 1.29 is 0 Å². The van der Waals surface area contributed by atoms with Crippen molar-refractivity contribution in [2.24, 2.45) is 0 Å². The predicted molar refractivity (Wildman–Crippen MR) is 67.8 cm³/mol. The van der Waals surface area contributed by atoms with E-state index in [0.717, 1.165) is 6.42 Å². The van der Waals surface area contributed by atoms with E-state index in [1.807, 2.05) is 24.7 Å². The minimum atomic E-state index is 0.925. The Hall–Kier alpha value is -2.22. The summed E-state index contributed by atoms with van der Waals surface area (Å²) in [6.45, 7) is 0. The highest BCUT2D eigenvalue weighted by atomic mass is 14.7. The van der Waals surface area contributed by atoms with Gasteiger partial charge in [-0.1, -0.05) is 18.2 Å². The van der Waals surface area contributed by atoms with Crippen LogP contribution < -0.4 is 0 Å². The van der Waals surface area contributed by atoms with Crippen LogP contribution in [0.1, 0.15) is 11.3 Å². The van der Waals surface area contributed by atoms with E-state index in [0.29, 0.717) is 0 Å². The van der Waals surface area contributed by atoms with Gasteiger partial charge in [0, 0.05) is 36.0 Å². The second-order valence-electron chi connectivity index (χ2n) is 4.36. The fourth-order valence-corrected chi connectivity index (χ4v) is 2.66. The van der Waals surface area contributed by atoms with Gasteiger partial charge in [-0.05, 0) is 28.6 Å². The van der Waals surface area contributed by atoms with Crippen LogP contribution in [0.5, 0.6) is 0 Å². The molecule has 17 heavy (non-hydrogen) atoms. The lowest BCUT2D eigenvalue weighted by Gasteiger charge is -2.04. The highest BCUT2D eigenvalue weighted by Crippen LogP contribution is 2.38. The van der Waals surface area contributed by atoms with Gasteiger partial charge in [0.2, 0.25) is 0 Å². The van der Waals surface area contributed by atoms with E-state index in [1.165, 1.54) is 33.2 Å². The maximum absolute atomic E-state index is 4.46. The van der Waals surface area contributed by atoms with Crippen molar-refractivity contribution in [3.05, 3.63) is 60.2 Å². The molecule has 4 rings (SSSR count). The molecule has 0 unspecified atom stereocenters. The van der Waals surface area contributed by atoms with Gasteiger partial charge in [0.15, 0.2) is 0 Å². The van der Waals surface area contributed by atoms with Gasteiger partial charge in [-0.2, -0.15) is 0 Å². The summed E-state index contributed by atoms with van der Waals surface area (Å²) in [5.74, 6) is 0. The molecule has 1 aliphatic carbocycles. The molecule has 0 spiro atoms. The Morgan fingerprint density at radius 3 is 2.94 bits per heavy atom. The summed E-state index contributed by atoms with van der Waals surface area (Å²) >= 11 is 0. The van der Waals surface area contributed by atoms with Gasteiger partial charge in [-0.25, -0.2) is 0 Å². The van der Waals surface area contributed by atoms with Crippen LogP contribution in [-0.2, 0) is 6.42 Å². The Morgan fingerprint density at radius 2 is 1.94 bits per heavy atom. The maximum Gasteiger partial charge on any atom is 0.0526 e. The SMILES string of the molecule is c1cnc2c(c1)-c1ccc3ccncc3c1C2. The van der Waals surface area contributed by atoms with E-state index in [1.54, 1.807) is 0 Å². The topological polar surface area (TPSA) is 25.8 Å². The molecule has 0 N–H and O–H groups in total. The van der Waals surface area contributed by atoms with Gasteiger partial charge < -0.3 is 0 Å². The van der Waals surface area contributed by atoms with E-state index in [9.17, 15) is 0 Å². The molecule has 0 atom stereocenters. The lowest BCUT2D eigenvalue weighted by Crippen LogP contribution is -1.86. The van der Waals surface area contributed by atoms with Crippen molar-refractivity contribution in [1.29, 1.82) is 0 Å². The number of hydrogen-bond donors (Lipinski definition) is 0. The van der Waals surface area contributed by atoms with Crippen molar-refractivity contribution in [3.63, 3.8) is 0 Å². The van der Waals surface area contributed by atoms with Gasteiger partial charge >= 0.3 is 0 Å². The van der Waals surface area contributed by atoms with Gasteiger partial charge in [0.05, 0.1) is 5.69 Å². The smallest absolute Gasteiger partial charge is 0.0526 e. The molecule has 1 aromatic carbocycles. The second kappa shape index (κ2) is 3.14. The molecule has 2 heteroatoms. The Kier molecular flexibility index (Phi) is 1.64. The fraction of sp³-hybridized carbons (Fsp3) is 0.0667. The minimum Gasteiger partial charge on any atom is -0.264 e. The molecule has 80 valence electrons. The first kappa shape index (κ1) is 8.88. The lowest BCUT2D eigenvalue weighted by atomic mass is 10.0. The number of rotatable bonds is 0. The van der Waals surface area contributed by atoms with E-state index >= 15 is 0 Å². The van der Waals surface area contributed by atoms with Crippen molar-refractivity contribution in [3.8, 4) is 11.1 Å². The Morgan fingerprint density at radius 1 is 0.941 bits per heavy atom. The highest BCUT2D eigenvalue weighted by molar-refractivity contribution is 5.94. The Balaban J connectivity index is 2.11. The molecular formula is C15H10N2. The molecule has 2 nitrogen and oxygen atoms in total. The van der Waals surface area contributed by atoms with Gasteiger partial charge in [0.25, 0.3) is 0 Å². The number of aromatic nitrogens is 2. The number of hydrogen-bond acceptors (Lipinski definition) is 2. The van der Waals surface area contributed by atoms with Crippen LogP contribution in [0, 0.1) is 0 Å². The zero-order valence-corrected chi connectivity index (χ0v) is 9.22. The summed E-state index contributed by atoms with van der Waals surface area (Å²) < 4.78 is 0. The summed E-state index contributed by atoms with van der Waals surface area (Å²) in [5, 5.41) is 2.51. The van der Waals surface area contributed by atoms with E-state index in [2.05, 4.69) is 34.2 Å². The van der Waals surface area contributed by atoms with Crippen molar-refractivity contribution >= 4 is 10.8 Å². The molecule has 0 saturated heterocycles. The van der Waals surface area contributed by atoms with Crippen LogP contribution in [0.25, 0.3) is 21.9 Å². The van der Waals surface area contributed by atoms with Crippen molar-refractivity contribution in [2.75, 3.05) is 0 Å². The molecular weight excluding hydrogens is 208 g/mol. The van der Waals surface area contributed by atoms with E-state index in [4.69, 9.17) is 0 Å². The maximum atomic E-state index is 4.46. The number of benzene rings is 1. The first-order valence-electron chi connectivity index (χ1n) is 5.73. The third kappa shape index (κ3) is 1.15. The molecule has 0 saturated carbocycles. The number of fused-ring (bicyclic) bond motifs is 5. The van der Waals surface area contributed by atoms with E-state index < -0.39 is 0 Å². The third-order valence-electron chi connectivity index (χ3n) is 3.46. The standard InChI is InChI=1S/C15H10N2/c1-2-12-11-4-3-10-5-7-16-9-14(10)13(11)8-15(12)17-6-1/h1-7,9H,8H2. The first-order valence-corrected chi connectivity index (χ1v) is 5.73. The van der Waals surface area contributed by atoms with Crippen molar-refractivity contribution in [1.82, 2.24) is 9.97 Å². The van der Waals surface area contributed by atoms with Gasteiger partial charge in [-0.3, -0.25) is 9.97 Å². The zero-order chi connectivity index (χ0) is 11.2. The Labute approximate surface area is 99.0 Å². The molecule has 1 aliphatic rings. The van der Waals surface area contributed by atoms with Crippen LogP contribution in [0.3, 0.4) is 0 Å². The van der Waals surface area contributed by atoms with Crippen LogP contribution in [0.4, 0.5) is 0 Å². The van der Waals surface area contributed by atoms with Crippen LogP contribution in [-0.4, -0.2) is 9.97 Å². The molecule has 0 radical (unpaired) electrons. The summed E-state index contributed by atoms with van der Waals surface area (Å²) in [6.07, 6.45) is 6.59. The predicted octanol–water partition coefficient (Wildman–Crippen LogP) is 3.20. The average molecular weight is 218 g/mol. The summed E-state index contributed by atoms with van der Waals surface area (Å²) in [4.78, 5) is 8.69. The average Bonchev–Trinajstić information content (AvgIpc) is 2.78. The summed E-state index contributed by atoms with van der Waals surface area (Å²) in [7, 11) is 0. The summed E-state index contributed by atoms with van der Waals surface area (Å²) in [5.41, 5.74) is 5.13. The second-order valence-corrected chi connectivity index (χ2v) is 4.36. The van der Waals surface area contributed by atoms with Gasteiger partial charge in [-0.15, -0.1) is 0 Å². The molecule has 0 amide bonds. The van der Waals surface area contributed by atoms with Crippen molar-refractivity contribution in [2.45, 2.75) is 6.42 Å². The molecule has 2 heterocycles. The number of nitrogens with zero attached hydrogens (tertiary/aromatic N) is 2. The molecule has 3 aromatic rings. The molecule has 2 aromatic heterocycles. The first-order chi connectivity index (χ1) is 8.43. The molecule has 0 bridgehead atoms. The monoisotopic (exact) mass is 218 g/mol. The third-order valence-corrected chi connectivity index (χ3v) is 3.46. The lowest BCUT2D eigenvalue weighted by molar-refractivity contribution is 1.13. The Bertz CT molecular complexity index is 732. The zero-order valence-electron chi connectivity index (χ0n) is 9.22. The summed E-state index contributed by atoms with van der Waals surface area (Å²) in [6, 6.07) is 10.6. The fourth-order valence-electron chi connectivity index (χ4n) is 2.66. The normalized spacial score (nSPS) is 12.5. The van der Waals surface area contributed by atoms with E-state index in [-0.39, 0.29) is 0 Å². The molecule has 0 fully saturated rings. The minimum absolute atomic E-state index is 0.925. The van der Waals surface area contributed by atoms with Crippen LogP contribution in [0.2, 0.25) is 0 Å². The van der Waals surface area contributed by atoms with Crippen LogP contribution >= 0.6 is 0 Å². The van der Waals surface area contributed by atoms with Crippen LogP contribution in [0.15, 0.2) is 48.9 Å². The quantitative estimate of drug-likeness (QED) is 0.453. The number of pyridine rings is 2. The largest absolute Gasteiger partial charge is 0.264 e. The molecule has 0 aliphatic heterocycles. The van der Waals surface area contributed by atoms with Gasteiger partial charge in [0.1, 0.15) is 0 Å². The highest BCUT2D eigenvalue weighted by Gasteiger charge is 2.20.